The summed E-state index contributed by atoms with van der Waals surface area (Å²) < 4.78 is 0. The number of hydrogen-bond acceptors (Lipinski definition) is 1. The zero-order valence-electron chi connectivity index (χ0n) is 14.4. The Kier molecular flexibility index (Phi) is 2.56. The molecule has 0 aromatic carbocycles. The molecule has 5 aliphatic carbocycles. The van der Waals surface area contributed by atoms with Crippen LogP contribution < -0.4 is 0 Å². The fourth-order valence-electron chi connectivity index (χ4n) is 7.66. The summed E-state index contributed by atoms with van der Waals surface area (Å²) in [5.41, 5.74) is 2.57. The fraction of sp³-hybridized carbons (Fsp3) is 0.857. The lowest BCUT2D eigenvalue weighted by atomic mass is 9.47. The molecule has 0 bridgehead atoms. The van der Waals surface area contributed by atoms with Crippen molar-refractivity contribution in [3.63, 3.8) is 0 Å². The van der Waals surface area contributed by atoms with Crippen LogP contribution in [-0.2, 0) is 4.79 Å². The number of allylic oxidation sites excluding steroid dienone is 1. The zero-order chi connectivity index (χ0) is 15.3. The first-order valence-electron chi connectivity index (χ1n) is 9.70. The van der Waals surface area contributed by atoms with E-state index in [4.69, 9.17) is 0 Å². The summed E-state index contributed by atoms with van der Waals surface area (Å²) in [6.45, 7) is 7.65. The summed E-state index contributed by atoms with van der Waals surface area (Å²) in [6, 6.07) is 0. The SMILES string of the molecule is CC1CCC2C3C4CC4C4=CC(=O)CCC4(C)C3CCC12C. The molecule has 0 aromatic rings. The fourth-order valence-corrected chi connectivity index (χ4v) is 7.66. The molecule has 0 saturated heterocycles. The van der Waals surface area contributed by atoms with Gasteiger partial charge in [0.15, 0.2) is 5.78 Å². The van der Waals surface area contributed by atoms with E-state index in [-0.39, 0.29) is 0 Å². The Balaban J connectivity index is 1.58. The smallest absolute Gasteiger partial charge is 0.155 e. The predicted octanol–water partition coefficient (Wildman–Crippen LogP) is 5.01. The van der Waals surface area contributed by atoms with Crippen molar-refractivity contribution >= 4 is 5.78 Å². The van der Waals surface area contributed by atoms with Crippen molar-refractivity contribution < 1.29 is 4.79 Å². The number of fused-ring (bicyclic) bond motifs is 8. The van der Waals surface area contributed by atoms with Gasteiger partial charge in [-0.3, -0.25) is 4.79 Å². The summed E-state index contributed by atoms with van der Waals surface area (Å²) in [5.74, 6) is 5.88. The maximum Gasteiger partial charge on any atom is 0.155 e. The van der Waals surface area contributed by atoms with Gasteiger partial charge in [0.1, 0.15) is 0 Å². The average Bonchev–Trinajstić information content (AvgIpc) is 3.22. The summed E-state index contributed by atoms with van der Waals surface area (Å²) >= 11 is 0. The topological polar surface area (TPSA) is 17.1 Å². The van der Waals surface area contributed by atoms with Gasteiger partial charge in [0.25, 0.3) is 0 Å². The average molecular weight is 298 g/mol. The number of carbonyl (C=O) groups is 1. The maximum absolute atomic E-state index is 12.0. The molecule has 0 N–H and O–H groups in total. The largest absolute Gasteiger partial charge is 0.295 e. The molecule has 0 aliphatic heterocycles. The lowest BCUT2D eigenvalue weighted by Gasteiger charge is -2.57. The van der Waals surface area contributed by atoms with E-state index in [1.807, 2.05) is 0 Å². The standard InChI is InChI=1S/C21H30O/c1-12-4-5-16-19-15-11-14(15)18-10-13(22)6-8-21(18,3)17(19)7-9-20(12,16)2/h10,12,14-17,19H,4-9,11H2,1-3H3. The minimum atomic E-state index is 0.364. The number of hydrogen-bond donors (Lipinski definition) is 0. The second-order valence-corrected chi connectivity index (χ2v) is 9.80. The highest BCUT2D eigenvalue weighted by Crippen LogP contribution is 2.74. The van der Waals surface area contributed by atoms with E-state index in [2.05, 4.69) is 26.8 Å². The molecule has 4 fully saturated rings. The van der Waals surface area contributed by atoms with Crippen LogP contribution in [0.5, 0.6) is 0 Å². The normalized spacial score (nSPS) is 59.0. The van der Waals surface area contributed by atoms with Crippen LogP contribution in [-0.4, -0.2) is 5.78 Å². The lowest BCUT2D eigenvalue weighted by Crippen LogP contribution is -2.51. The molecule has 0 amide bonds. The van der Waals surface area contributed by atoms with Crippen LogP contribution in [0, 0.1) is 46.3 Å². The Hall–Kier alpha value is -0.590. The molecule has 8 atom stereocenters. The highest BCUT2D eigenvalue weighted by Gasteiger charge is 2.66. The van der Waals surface area contributed by atoms with Gasteiger partial charge in [-0.25, -0.2) is 0 Å². The van der Waals surface area contributed by atoms with E-state index in [1.54, 1.807) is 5.57 Å². The molecule has 0 spiro atoms. The van der Waals surface area contributed by atoms with Crippen molar-refractivity contribution in [3.05, 3.63) is 11.6 Å². The molecular formula is C21H30O. The van der Waals surface area contributed by atoms with Crippen LogP contribution in [0.1, 0.15) is 65.7 Å². The Morgan fingerprint density at radius 2 is 1.91 bits per heavy atom. The molecule has 8 unspecified atom stereocenters. The van der Waals surface area contributed by atoms with Gasteiger partial charge in [-0.1, -0.05) is 26.3 Å². The zero-order valence-corrected chi connectivity index (χ0v) is 14.4. The monoisotopic (exact) mass is 298 g/mol. The van der Waals surface area contributed by atoms with E-state index in [0.29, 0.717) is 16.6 Å². The first kappa shape index (κ1) is 13.8. The molecule has 1 nitrogen and oxygen atoms in total. The van der Waals surface area contributed by atoms with Gasteiger partial charge in [0, 0.05) is 6.42 Å². The van der Waals surface area contributed by atoms with E-state index in [1.165, 1.54) is 32.1 Å². The minimum Gasteiger partial charge on any atom is -0.295 e. The molecule has 4 saturated carbocycles. The number of carbonyl (C=O) groups excluding carboxylic acids is 1. The molecule has 1 heteroatoms. The molecule has 5 rings (SSSR count). The van der Waals surface area contributed by atoms with Crippen LogP contribution in [0.15, 0.2) is 11.6 Å². The predicted molar refractivity (Wildman–Crippen MR) is 88.2 cm³/mol. The molecule has 5 aliphatic rings. The highest BCUT2D eigenvalue weighted by atomic mass is 16.1. The van der Waals surface area contributed by atoms with Crippen LogP contribution >= 0.6 is 0 Å². The second-order valence-electron chi connectivity index (χ2n) is 9.80. The van der Waals surface area contributed by atoms with Crippen LogP contribution in [0.25, 0.3) is 0 Å². The van der Waals surface area contributed by atoms with Crippen LogP contribution in [0.3, 0.4) is 0 Å². The highest BCUT2D eigenvalue weighted by molar-refractivity contribution is 5.92. The van der Waals surface area contributed by atoms with Crippen molar-refractivity contribution in [2.45, 2.75) is 65.7 Å². The van der Waals surface area contributed by atoms with Crippen LogP contribution in [0.2, 0.25) is 0 Å². The Bertz CT molecular complexity index is 574. The van der Waals surface area contributed by atoms with Gasteiger partial charge in [-0.15, -0.1) is 0 Å². The van der Waals surface area contributed by atoms with Gasteiger partial charge in [0.2, 0.25) is 0 Å². The van der Waals surface area contributed by atoms with Gasteiger partial charge in [-0.2, -0.15) is 0 Å². The number of rotatable bonds is 0. The van der Waals surface area contributed by atoms with E-state index >= 15 is 0 Å². The third kappa shape index (κ3) is 1.49. The summed E-state index contributed by atoms with van der Waals surface area (Å²) in [4.78, 5) is 12.0. The molecule has 0 radical (unpaired) electrons. The Morgan fingerprint density at radius 1 is 1.09 bits per heavy atom. The molecule has 120 valence electrons. The summed E-state index contributed by atoms with van der Waals surface area (Å²) in [5, 5.41) is 0. The summed E-state index contributed by atoms with van der Waals surface area (Å²) in [6.07, 6.45) is 11.2. The second kappa shape index (κ2) is 4.08. The van der Waals surface area contributed by atoms with Crippen molar-refractivity contribution in [1.82, 2.24) is 0 Å². The molecular weight excluding hydrogens is 268 g/mol. The van der Waals surface area contributed by atoms with Crippen molar-refractivity contribution in [2.24, 2.45) is 46.3 Å². The van der Waals surface area contributed by atoms with Crippen LogP contribution in [0.4, 0.5) is 0 Å². The van der Waals surface area contributed by atoms with Crippen molar-refractivity contribution in [3.8, 4) is 0 Å². The summed E-state index contributed by atoms with van der Waals surface area (Å²) in [7, 11) is 0. The third-order valence-electron chi connectivity index (χ3n) is 9.23. The lowest BCUT2D eigenvalue weighted by molar-refractivity contribution is -0.117. The quantitative estimate of drug-likeness (QED) is 0.614. The maximum atomic E-state index is 12.0. The Labute approximate surface area is 134 Å². The minimum absolute atomic E-state index is 0.364. The molecule has 0 heterocycles. The van der Waals surface area contributed by atoms with E-state index in [9.17, 15) is 4.79 Å². The number of ketones is 1. The molecule has 22 heavy (non-hydrogen) atoms. The first-order valence-corrected chi connectivity index (χ1v) is 9.70. The van der Waals surface area contributed by atoms with Gasteiger partial charge in [-0.05, 0) is 90.9 Å². The first-order chi connectivity index (χ1) is 10.4. The van der Waals surface area contributed by atoms with Gasteiger partial charge in [0.05, 0.1) is 0 Å². The van der Waals surface area contributed by atoms with Crippen molar-refractivity contribution in [1.29, 1.82) is 0 Å². The van der Waals surface area contributed by atoms with E-state index in [0.717, 1.165) is 48.3 Å². The molecule has 0 aromatic heterocycles. The van der Waals surface area contributed by atoms with Gasteiger partial charge >= 0.3 is 0 Å². The van der Waals surface area contributed by atoms with E-state index < -0.39 is 0 Å². The van der Waals surface area contributed by atoms with Gasteiger partial charge < -0.3 is 0 Å². The van der Waals surface area contributed by atoms with Crippen molar-refractivity contribution in [2.75, 3.05) is 0 Å². The third-order valence-corrected chi connectivity index (χ3v) is 9.23. The Morgan fingerprint density at radius 3 is 2.73 bits per heavy atom.